The fourth-order valence-electron chi connectivity index (χ4n) is 1.83. The number of sulfonamides is 1. The van der Waals surface area contributed by atoms with Gasteiger partial charge in [-0.05, 0) is 65.0 Å². The van der Waals surface area contributed by atoms with Crippen molar-refractivity contribution in [1.82, 2.24) is 9.62 Å². The summed E-state index contributed by atoms with van der Waals surface area (Å²) >= 11 is 0. The van der Waals surface area contributed by atoms with E-state index >= 15 is 0 Å². The van der Waals surface area contributed by atoms with Crippen LogP contribution in [0.25, 0.3) is 0 Å². The van der Waals surface area contributed by atoms with E-state index in [1.165, 1.54) is 0 Å². The van der Waals surface area contributed by atoms with Crippen LogP contribution < -0.4 is 10.0 Å². The van der Waals surface area contributed by atoms with Crippen molar-refractivity contribution in [3.05, 3.63) is 24.3 Å². The number of anilines is 1. The normalized spacial score (nSPS) is 12.1. The first-order valence-corrected chi connectivity index (χ1v) is 8.89. The molecule has 0 aliphatic rings. The van der Waals surface area contributed by atoms with Crippen LogP contribution in [0, 0.1) is 0 Å². The van der Waals surface area contributed by atoms with Gasteiger partial charge in [-0.15, -0.1) is 0 Å². The van der Waals surface area contributed by atoms with Gasteiger partial charge in [0.2, 0.25) is 10.0 Å². The standard InChI is InChI=1S/C15H27N3O2S/c1-5-16-14-7-9-15(10-8-14)21(19,20)17-11-6-12-18(4)13(2)3/h7-10,13,16-17H,5-6,11-12H2,1-4H3. The molecule has 0 heterocycles. The van der Waals surface area contributed by atoms with Crippen molar-refractivity contribution < 1.29 is 8.42 Å². The van der Waals surface area contributed by atoms with Gasteiger partial charge in [0.15, 0.2) is 0 Å². The quantitative estimate of drug-likeness (QED) is 0.686. The minimum Gasteiger partial charge on any atom is -0.385 e. The van der Waals surface area contributed by atoms with E-state index in [2.05, 4.69) is 28.8 Å². The summed E-state index contributed by atoms with van der Waals surface area (Å²) in [5.74, 6) is 0. The maximum atomic E-state index is 12.1. The van der Waals surface area contributed by atoms with Gasteiger partial charge in [-0.3, -0.25) is 0 Å². The Kier molecular flexibility index (Phi) is 7.14. The number of rotatable bonds is 9. The molecule has 1 rings (SSSR count). The topological polar surface area (TPSA) is 61.4 Å². The van der Waals surface area contributed by atoms with Crippen molar-refractivity contribution in [2.24, 2.45) is 0 Å². The molecular formula is C15H27N3O2S. The molecule has 0 saturated carbocycles. The Hall–Kier alpha value is -1.11. The Morgan fingerprint density at radius 1 is 1.19 bits per heavy atom. The molecule has 0 aliphatic carbocycles. The zero-order valence-corrected chi connectivity index (χ0v) is 14.2. The lowest BCUT2D eigenvalue weighted by atomic mass is 10.3. The van der Waals surface area contributed by atoms with E-state index in [0.717, 1.165) is 25.2 Å². The minimum atomic E-state index is -3.41. The van der Waals surface area contributed by atoms with Gasteiger partial charge in [-0.25, -0.2) is 13.1 Å². The molecule has 0 unspecified atom stereocenters. The third-order valence-electron chi connectivity index (χ3n) is 3.41. The van der Waals surface area contributed by atoms with Gasteiger partial charge in [0.25, 0.3) is 0 Å². The zero-order valence-electron chi connectivity index (χ0n) is 13.4. The highest BCUT2D eigenvalue weighted by atomic mass is 32.2. The molecule has 1 aromatic carbocycles. The van der Waals surface area contributed by atoms with Gasteiger partial charge in [0, 0.05) is 24.8 Å². The lowest BCUT2D eigenvalue weighted by Gasteiger charge is -2.20. The highest BCUT2D eigenvalue weighted by molar-refractivity contribution is 7.89. The summed E-state index contributed by atoms with van der Waals surface area (Å²) in [7, 11) is -1.37. The third kappa shape index (κ3) is 6.03. The molecule has 0 fully saturated rings. The Balaban J connectivity index is 2.49. The van der Waals surface area contributed by atoms with Crippen molar-refractivity contribution in [1.29, 1.82) is 0 Å². The first-order valence-electron chi connectivity index (χ1n) is 7.40. The summed E-state index contributed by atoms with van der Waals surface area (Å²) in [6.07, 6.45) is 0.795. The van der Waals surface area contributed by atoms with E-state index in [9.17, 15) is 8.42 Å². The molecule has 1 aromatic rings. The van der Waals surface area contributed by atoms with Crippen molar-refractivity contribution >= 4 is 15.7 Å². The lowest BCUT2D eigenvalue weighted by Crippen LogP contribution is -2.31. The second kappa shape index (κ2) is 8.36. The number of hydrogen-bond acceptors (Lipinski definition) is 4. The van der Waals surface area contributed by atoms with Crippen molar-refractivity contribution in [3.8, 4) is 0 Å². The monoisotopic (exact) mass is 313 g/mol. The van der Waals surface area contributed by atoms with E-state index < -0.39 is 10.0 Å². The molecule has 5 nitrogen and oxygen atoms in total. The highest BCUT2D eigenvalue weighted by Gasteiger charge is 2.13. The minimum absolute atomic E-state index is 0.307. The van der Waals surface area contributed by atoms with Crippen LogP contribution >= 0.6 is 0 Å². The summed E-state index contributed by atoms with van der Waals surface area (Å²) < 4.78 is 26.9. The zero-order chi connectivity index (χ0) is 15.9. The second-order valence-electron chi connectivity index (χ2n) is 5.38. The number of benzene rings is 1. The highest BCUT2D eigenvalue weighted by Crippen LogP contribution is 2.13. The van der Waals surface area contributed by atoms with Crippen LogP contribution in [0.1, 0.15) is 27.2 Å². The van der Waals surface area contributed by atoms with Gasteiger partial charge in [-0.2, -0.15) is 0 Å². The predicted molar refractivity (Wildman–Crippen MR) is 88.2 cm³/mol. The van der Waals surface area contributed by atoms with E-state index in [1.807, 2.05) is 14.0 Å². The van der Waals surface area contributed by atoms with Gasteiger partial charge < -0.3 is 10.2 Å². The SMILES string of the molecule is CCNc1ccc(S(=O)(=O)NCCCN(C)C(C)C)cc1. The van der Waals surface area contributed by atoms with E-state index in [0.29, 0.717) is 17.5 Å². The van der Waals surface area contributed by atoms with E-state index in [1.54, 1.807) is 24.3 Å². The maximum absolute atomic E-state index is 12.1. The molecule has 0 aliphatic heterocycles. The smallest absolute Gasteiger partial charge is 0.240 e. The van der Waals surface area contributed by atoms with Gasteiger partial charge in [0.1, 0.15) is 0 Å². The van der Waals surface area contributed by atoms with E-state index in [-0.39, 0.29) is 0 Å². The van der Waals surface area contributed by atoms with Gasteiger partial charge in [0.05, 0.1) is 4.90 Å². The Bertz CT molecular complexity index is 512. The molecule has 0 saturated heterocycles. The van der Waals surface area contributed by atoms with Gasteiger partial charge in [-0.1, -0.05) is 0 Å². The van der Waals surface area contributed by atoms with Crippen LogP contribution in [0.5, 0.6) is 0 Å². The number of nitrogens with zero attached hydrogens (tertiary/aromatic N) is 1. The first-order chi connectivity index (χ1) is 9.86. The molecular weight excluding hydrogens is 286 g/mol. The predicted octanol–water partition coefficient (Wildman–Crippen LogP) is 2.13. The van der Waals surface area contributed by atoms with Gasteiger partial charge >= 0.3 is 0 Å². The van der Waals surface area contributed by atoms with Crippen LogP contribution in [0.15, 0.2) is 29.2 Å². The summed E-state index contributed by atoms with van der Waals surface area (Å²) in [5.41, 5.74) is 0.926. The molecule has 6 heteroatoms. The molecule has 0 amide bonds. The molecule has 0 bridgehead atoms. The number of hydrogen-bond donors (Lipinski definition) is 2. The molecule has 2 N–H and O–H groups in total. The molecule has 120 valence electrons. The fraction of sp³-hybridized carbons (Fsp3) is 0.600. The van der Waals surface area contributed by atoms with Crippen molar-refractivity contribution in [3.63, 3.8) is 0 Å². The van der Waals surface area contributed by atoms with Crippen molar-refractivity contribution in [2.75, 3.05) is 32.0 Å². The Labute approximate surface area is 128 Å². The van der Waals surface area contributed by atoms with Crippen LogP contribution in [-0.4, -0.2) is 46.0 Å². The molecule has 0 aromatic heterocycles. The Morgan fingerprint density at radius 2 is 1.81 bits per heavy atom. The second-order valence-corrected chi connectivity index (χ2v) is 7.15. The third-order valence-corrected chi connectivity index (χ3v) is 4.88. The first kappa shape index (κ1) is 17.9. The average Bonchev–Trinajstić information content (AvgIpc) is 2.44. The molecule has 0 atom stereocenters. The lowest BCUT2D eigenvalue weighted by molar-refractivity contribution is 0.271. The Morgan fingerprint density at radius 3 is 2.33 bits per heavy atom. The molecule has 21 heavy (non-hydrogen) atoms. The maximum Gasteiger partial charge on any atom is 0.240 e. The average molecular weight is 313 g/mol. The van der Waals surface area contributed by atoms with Crippen LogP contribution in [0.4, 0.5) is 5.69 Å². The van der Waals surface area contributed by atoms with Crippen LogP contribution in [0.3, 0.4) is 0 Å². The van der Waals surface area contributed by atoms with Crippen molar-refractivity contribution in [2.45, 2.75) is 38.1 Å². The van der Waals surface area contributed by atoms with Crippen LogP contribution in [0.2, 0.25) is 0 Å². The van der Waals surface area contributed by atoms with E-state index in [4.69, 9.17) is 0 Å². The molecule has 0 spiro atoms. The van der Waals surface area contributed by atoms with Crippen LogP contribution in [-0.2, 0) is 10.0 Å². The summed E-state index contributed by atoms with van der Waals surface area (Å²) in [5, 5.41) is 3.14. The summed E-state index contributed by atoms with van der Waals surface area (Å²) in [6.45, 7) is 8.38. The largest absolute Gasteiger partial charge is 0.385 e. The summed E-state index contributed by atoms with van der Waals surface area (Å²) in [4.78, 5) is 2.50. The molecule has 0 radical (unpaired) electrons. The summed E-state index contributed by atoms with van der Waals surface area (Å²) in [6, 6.07) is 7.29. The fourth-order valence-corrected chi connectivity index (χ4v) is 2.91. The number of nitrogens with one attached hydrogen (secondary N) is 2.